The molecule has 0 saturated heterocycles. The summed E-state index contributed by atoms with van der Waals surface area (Å²) in [6.45, 7) is 8.89. The van der Waals surface area contributed by atoms with Crippen molar-refractivity contribution in [2.75, 3.05) is 7.11 Å². The highest BCUT2D eigenvalue weighted by molar-refractivity contribution is 5.76. The number of hydrogen-bond acceptors (Lipinski definition) is 5. The first-order valence-corrected chi connectivity index (χ1v) is 10.8. The van der Waals surface area contributed by atoms with E-state index in [9.17, 15) is 14.4 Å². The number of carbonyl (C=O) groups is 1. The van der Waals surface area contributed by atoms with Crippen LogP contribution in [0, 0.1) is 18.3 Å². The molecular formula is C22H31N5O4. The van der Waals surface area contributed by atoms with Gasteiger partial charge in [0.25, 0.3) is 5.56 Å². The first-order valence-electron chi connectivity index (χ1n) is 10.8. The topological polar surface area (TPSA) is 92.5 Å². The first-order chi connectivity index (χ1) is 14.5. The summed E-state index contributed by atoms with van der Waals surface area (Å²) in [4.78, 5) is 42.4. The Labute approximate surface area is 180 Å². The molecule has 3 heterocycles. The van der Waals surface area contributed by atoms with E-state index in [4.69, 9.17) is 4.98 Å². The van der Waals surface area contributed by atoms with Crippen LogP contribution in [0.25, 0.3) is 16.9 Å². The fourth-order valence-electron chi connectivity index (χ4n) is 5.47. The number of methoxy groups -OCH3 is 1. The average molecular weight is 430 g/mol. The molecule has 3 aromatic rings. The van der Waals surface area contributed by atoms with Crippen LogP contribution in [0.15, 0.2) is 15.8 Å². The molecule has 1 aliphatic carbocycles. The lowest BCUT2D eigenvalue weighted by Crippen LogP contribution is -2.39. The summed E-state index contributed by atoms with van der Waals surface area (Å²) in [5.41, 5.74) is 1.05. The Balaban J connectivity index is 1.91. The van der Waals surface area contributed by atoms with E-state index in [1.54, 1.807) is 11.4 Å². The number of aromatic nitrogens is 5. The van der Waals surface area contributed by atoms with Gasteiger partial charge in [-0.05, 0) is 37.5 Å². The molecule has 1 fully saturated rings. The number of hydrogen-bond donors (Lipinski definition) is 0. The molecule has 0 unspecified atom stereocenters. The summed E-state index contributed by atoms with van der Waals surface area (Å²) in [5, 5.41) is 0. The Kier molecular flexibility index (Phi) is 5.10. The standard InChI is InChI=1S/C22H31N5O4/c1-13-9-15(11-22(3,4)10-13)27-14(2)12-26-17-18(23-20(26)27)24(5)21(30)25(19(17)29)8-7-16(28)31-6/h12-13,15H,7-11H2,1-6H3/t13-,15+/m1/s1. The molecule has 0 aromatic carbocycles. The second-order valence-corrected chi connectivity index (χ2v) is 9.79. The van der Waals surface area contributed by atoms with Gasteiger partial charge in [-0.3, -0.25) is 23.1 Å². The summed E-state index contributed by atoms with van der Waals surface area (Å²) < 4.78 is 11.1. The van der Waals surface area contributed by atoms with Crippen molar-refractivity contribution in [2.45, 2.75) is 66.0 Å². The van der Waals surface area contributed by atoms with Crippen LogP contribution in [0.3, 0.4) is 0 Å². The zero-order chi connectivity index (χ0) is 22.7. The predicted octanol–water partition coefficient (Wildman–Crippen LogP) is 2.41. The van der Waals surface area contributed by atoms with E-state index >= 15 is 0 Å². The molecule has 0 aliphatic heterocycles. The summed E-state index contributed by atoms with van der Waals surface area (Å²) in [6.07, 6.45) is 5.16. The SMILES string of the molecule is COC(=O)CCn1c(=O)c2c(nc3n([C@H]4C[C@@H](C)CC(C)(C)C4)c(C)cn23)n(C)c1=O. The molecule has 0 amide bonds. The van der Waals surface area contributed by atoms with Crippen molar-refractivity contribution < 1.29 is 9.53 Å². The van der Waals surface area contributed by atoms with E-state index in [0.29, 0.717) is 22.9 Å². The monoisotopic (exact) mass is 429 g/mol. The van der Waals surface area contributed by atoms with Gasteiger partial charge >= 0.3 is 11.7 Å². The second-order valence-electron chi connectivity index (χ2n) is 9.79. The van der Waals surface area contributed by atoms with Gasteiger partial charge in [-0.1, -0.05) is 20.8 Å². The van der Waals surface area contributed by atoms with E-state index in [-0.39, 0.29) is 24.4 Å². The van der Waals surface area contributed by atoms with Gasteiger partial charge in [0.05, 0.1) is 13.5 Å². The normalized spacial score (nSPS) is 21.1. The maximum absolute atomic E-state index is 13.3. The van der Waals surface area contributed by atoms with Crippen molar-refractivity contribution >= 4 is 22.9 Å². The van der Waals surface area contributed by atoms with E-state index in [0.717, 1.165) is 23.1 Å². The van der Waals surface area contributed by atoms with Crippen LogP contribution in [0.1, 0.15) is 58.2 Å². The highest BCUT2D eigenvalue weighted by Gasteiger charge is 2.34. The van der Waals surface area contributed by atoms with E-state index in [1.165, 1.54) is 18.1 Å². The van der Waals surface area contributed by atoms with Crippen molar-refractivity contribution in [1.82, 2.24) is 23.1 Å². The minimum Gasteiger partial charge on any atom is -0.469 e. The molecule has 4 rings (SSSR count). The summed E-state index contributed by atoms with van der Waals surface area (Å²) in [7, 11) is 2.89. The molecule has 0 spiro atoms. The highest BCUT2D eigenvalue weighted by Crippen LogP contribution is 2.44. The molecular weight excluding hydrogens is 398 g/mol. The molecule has 9 nitrogen and oxygen atoms in total. The maximum atomic E-state index is 13.3. The van der Waals surface area contributed by atoms with Crippen LogP contribution in [-0.2, 0) is 23.1 Å². The second kappa shape index (κ2) is 7.39. The number of nitrogens with zero attached hydrogens (tertiary/aromatic N) is 5. The van der Waals surface area contributed by atoms with Crippen LogP contribution in [-0.4, -0.2) is 36.2 Å². The van der Waals surface area contributed by atoms with Gasteiger partial charge in [-0.25, -0.2) is 4.79 Å². The molecule has 0 radical (unpaired) electrons. The Morgan fingerprint density at radius 1 is 1.29 bits per heavy atom. The lowest BCUT2D eigenvalue weighted by molar-refractivity contribution is -0.140. The number of fused-ring (bicyclic) bond motifs is 3. The largest absolute Gasteiger partial charge is 0.469 e. The van der Waals surface area contributed by atoms with Crippen molar-refractivity contribution in [1.29, 1.82) is 0 Å². The molecule has 0 N–H and O–H groups in total. The Bertz CT molecular complexity index is 1290. The summed E-state index contributed by atoms with van der Waals surface area (Å²) in [6, 6.07) is 0.284. The zero-order valence-corrected chi connectivity index (χ0v) is 19.1. The van der Waals surface area contributed by atoms with Crippen molar-refractivity contribution in [3.05, 3.63) is 32.7 Å². The molecule has 1 aliphatic rings. The molecule has 0 bridgehead atoms. The number of esters is 1. The first kappa shape index (κ1) is 21.4. The third kappa shape index (κ3) is 3.49. The number of aryl methyl sites for hydroxylation is 2. The lowest BCUT2D eigenvalue weighted by atomic mass is 9.70. The molecule has 168 valence electrons. The van der Waals surface area contributed by atoms with Crippen molar-refractivity contribution in [2.24, 2.45) is 18.4 Å². The van der Waals surface area contributed by atoms with Gasteiger partial charge < -0.3 is 9.30 Å². The van der Waals surface area contributed by atoms with Gasteiger partial charge in [0.15, 0.2) is 11.2 Å². The fraction of sp³-hybridized carbons (Fsp3) is 0.636. The van der Waals surface area contributed by atoms with Gasteiger partial charge in [0, 0.05) is 31.5 Å². The Hall–Kier alpha value is -2.84. The number of rotatable bonds is 4. The zero-order valence-electron chi connectivity index (χ0n) is 19.1. The van der Waals surface area contributed by atoms with Crippen LogP contribution in [0.5, 0.6) is 0 Å². The third-order valence-corrected chi connectivity index (χ3v) is 6.56. The van der Waals surface area contributed by atoms with Crippen LogP contribution < -0.4 is 11.2 Å². The van der Waals surface area contributed by atoms with Crippen LogP contribution in [0.4, 0.5) is 0 Å². The minimum atomic E-state index is -0.488. The molecule has 3 aromatic heterocycles. The van der Waals surface area contributed by atoms with E-state index in [1.807, 2.05) is 13.1 Å². The number of carbonyl (C=O) groups excluding carboxylic acids is 1. The maximum Gasteiger partial charge on any atom is 0.332 e. The van der Waals surface area contributed by atoms with E-state index < -0.39 is 17.2 Å². The third-order valence-electron chi connectivity index (χ3n) is 6.56. The van der Waals surface area contributed by atoms with Gasteiger partial charge in [-0.2, -0.15) is 4.98 Å². The van der Waals surface area contributed by atoms with Gasteiger partial charge in [0.2, 0.25) is 5.78 Å². The van der Waals surface area contributed by atoms with Gasteiger partial charge in [-0.15, -0.1) is 0 Å². The van der Waals surface area contributed by atoms with E-state index in [2.05, 4.69) is 30.1 Å². The van der Waals surface area contributed by atoms with Crippen LogP contribution in [0.2, 0.25) is 0 Å². The summed E-state index contributed by atoms with van der Waals surface area (Å²) >= 11 is 0. The molecule has 31 heavy (non-hydrogen) atoms. The molecule has 1 saturated carbocycles. The van der Waals surface area contributed by atoms with Crippen LogP contribution >= 0.6 is 0 Å². The quantitative estimate of drug-likeness (QED) is 0.594. The number of ether oxygens (including phenoxy) is 1. The predicted molar refractivity (Wildman–Crippen MR) is 117 cm³/mol. The Morgan fingerprint density at radius 2 is 2.00 bits per heavy atom. The smallest absolute Gasteiger partial charge is 0.332 e. The van der Waals surface area contributed by atoms with Crippen molar-refractivity contribution in [3.63, 3.8) is 0 Å². The van der Waals surface area contributed by atoms with Crippen molar-refractivity contribution in [3.8, 4) is 0 Å². The van der Waals surface area contributed by atoms with Gasteiger partial charge in [0.1, 0.15) is 0 Å². The number of imidazole rings is 2. The summed E-state index contributed by atoms with van der Waals surface area (Å²) in [5.74, 6) is 0.809. The lowest BCUT2D eigenvalue weighted by Gasteiger charge is -2.39. The Morgan fingerprint density at radius 3 is 2.65 bits per heavy atom. The fourth-order valence-corrected chi connectivity index (χ4v) is 5.47. The molecule has 9 heteroatoms. The average Bonchev–Trinajstić information content (AvgIpc) is 3.18. The highest BCUT2D eigenvalue weighted by atomic mass is 16.5. The minimum absolute atomic E-state index is 0.0324. The molecule has 2 atom stereocenters.